The summed E-state index contributed by atoms with van der Waals surface area (Å²) in [5.74, 6) is -4.96. The number of carbonyl (C=O) groups excluding carboxylic acids is 2. The van der Waals surface area contributed by atoms with E-state index in [1.807, 2.05) is 6.07 Å². The number of rotatable bonds is 9. The normalized spacial score (nSPS) is 10.5. The number of methoxy groups -OCH3 is 2. The molecule has 0 saturated heterocycles. The van der Waals surface area contributed by atoms with Gasteiger partial charge in [-0.1, -0.05) is 18.2 Å². The molecule has 0 aliphatic rings. The van der Waals surface area contributed by atoms with Gasteiger partial charge in [-0.3, -0.25) is 18.7 Å². The summed E-state index contributed by atoms with van der Waals surface area (Å²) in [5.41, 5.74) is -0.0590. The van der Waals surface area contributed by atoms with E-state index >= 15 is 0 Å². The Kier molecular flexibility index (Phi) is 14.9. The fourth-order valence-electron chi connectivity index (χ4n) is 4.18. The third-order valence-corrected chi connectivity index (χ3v) is 6.76. The van der Waals surface area contributed by atoms with Crippen LogP contribution in [0.3, 0.4) is 0 Å². The number of ether oxygens (including phenoxy) is 2. The molecule has 3 aromatic carbocycles. The summed E-state index contributed by atoms with van der Waals surface area (Å²) in [6.45, 7) is 0. The Morgan fingerprint density at radius 3 is 1.68 bits per heavy atom. The van der Waals surface area contributed by atoms with Crippen molar-refractivity contribution in [3.63, 3.8) is 0 Å². The number of allylic oxidation sites excluding steroid dienone is 2. The van der Waals surface area contributed by atoms with Gasteiger partial charge < -0.3 is 25.0 Å². The summed E-state index contributed by atoms with van der Waals surface area (Å²) in [6.07, 6.45) is 6.90. The van der Waals surface area contributed by atoms with E-state index in [-0.39, 0.29) is 16.9 Å². The number of esters is 2. The highest BCUT2D eigenvalue weighted by molar-refractivity contribution is 6.13. The third-order valence-electron chi connectivity index (χ3n) is 6.76. The SMILES string of the molecule is COC(=O)/C(=C/C=C/Nc1ccc(F)cc1)C(=O)O.COC(=O)c1cccn(-c2ccc(F)cc2)c1=O.O=C(O)c1cccn(-c2ccccc2)c1=O. The lowest BCUT2D eigenvalue weighted by atomic mass is 10.2. The zero-order valence-corrected chi connectivity index (χ0v) is 28.0. The van der Waals surface area contributed by atoms with E-state index in [0.717, 1.165) is 13.2 Å². The maximum absolute atomic E-state index is 12.8. The Morgan fingerprint density at radius 2 is 1.17 bits per heavy atom. The summed E-state index contributed by atoms with van der Waals surface area (Å²) in [6, 6.07) is 25.7. The van der Waals surface area contributed by atoms with E-state index in [0.29, 0.717) is 17.1 Å². The molecule has 272 valence electrons. The van der Waals surface area contributed by atoms with Crippen LogP contribution in [0.1, 0.15) is 20.7 Å². The number of halogens is 2. The van der Waals surface area contributed by atoms with E-state index in [2.05, 4.69) is 14.8 Å². The lowest BCUT2D eigenvalue weighted by Gasteiger charge is -2.06. The first-order chi connectivity index (χ1) is 25.4. The number of nitrogens with zero attached hydrogens (tertiary/aromatic N) is 2. The zero-order chi connectivity index (χ0) is 38.9. The van der Waals surface area contributed by atoms with E-state index in [4.69, 9.17) is 10.2 Å². The van der Waals surface area contributed by atoms with Crippen molar-refractivity contribution in [3.05, 3.63) is 183 Å². The van der Waals surface area contributed by atoms with E-state index in [9.17, 15) is 37.5 Å². The average Bonchev–Trinajstić information content (AvgIpc) is 3.16. The highest BCUT2D eigenvalue weighted by Gasteiger charge is 2.16. The Bertz CT molecular complexity index is 2230. The predicted octanol–water partition coefficient (Wildman–Crippen LogP) is 5.23. The Morgan fingerprint density at radius 1 is 0.660 bits per heavy atom. The number of anilines is 1. The Hall–Kier alpha value is -7.42. The number of carboxylic acids is 2. The molecule has 0 fully saturated rings. The van der Waals surface area contributed by atoms with Gasteiger partial charge in [0, 0.05) is 35.7 Å². The van der Waals surface area contributed by atoms with Crippen molar-refractivity contribution in [2.75, 3.05) is 19.5 Å². The van der Waals surface area contributed by atoms with Crippen molar-refractivity contribution in [1.82, 2.24) is 9.13 Å². The molecule has 2 aromatic heterocycles. The highest BCUT2D eigenvalue weighted by Crippen LogP contribution is 2.09. The quantitative estimate of drug-likeness (QED) is 0.0594. The molecule has 0 atom stereocenters. The monoisotopic (exact) mass is 727 g/mol. The van der Waals surface area contributed by atoms with Crippen molar-refractivity contribution in [2.24, 2.45) is 0 Å². The molecule has 15 heteroatoms. The minimum Gasteiger partial charge on any atom is -0.477 e. The van der Waals surface area contributed by atoms with Gasteiger partial charge in [0.25, 0.3) is 11.1 Å². The van der Waals surface area contributed by atoms with Gasteiger partial charge in [-0.15, -0.1) is 0 Å². The molecule has 0 radical (unpaired) electrons. The van der Waals surface area contributed by atoms with Gasteiger partial charge in [-0.25, -0.2) is 28.0 Å². The molecule has 53 heavy (non-hydrogen) atoms. The van der Waals surface area contributed by atoms with Crippen LogP contribution in [0, 0.1) is 11.6 Å². The number of hydrogen-bond donors (Lipinski definition) is 3. The summed E-state index contributed by atoms with van der Waals surface area (Å²) in [5, 5.41) is 20.4. The van der Waals surface area contributed by atoms with Crippen LogP contribution in [0.5, 0.6) is 0 Å². The number of pyridine rings is 2. The number of para-hydroxylation sites is 1. The molecule has 5 aromatic rings. The van der Waals surface area contributed by atoms with Crippen molar-refractivity contribution in [1.29, 1.82) is 0 Å². The van der Waals surface area contributed by atoms with Gasteiger partial charge in [0.1, 0.15) is 28.3 Å². The number of nitrogens with one attached hydrogen (secondary N) is 1. The molecule has 3 N–H and O–H groups in total. The maximum atomic E-state index is 12.8. The van der Waals surface area contributed by atoms with Crippen LogP contribution in [0.25, 0.3) is 11.4 Å². The molecular weight excluding hydrogens is 696 g/mol. The standard InChI is InChI=1S/C13H12FNO4.C13H10FNO3.C12H9NO3/c1-19-13(18)11(12(16)17)3-2-8-15-10-6-4-9(14)5-7-10;1-18-13(17)11-3-2-8-15(12(11)16)10-6-4-9(14)5-7-10;14-11-10(12(15)16)7-4-8-13(11)9-5-2-1-3-6-9/h2-8,15H,1H3,(H,16,17);2-8H,1H3;1-8H,(H,15,16)/b8-2+,11-3+;;. The summed E-state index contributed by atoms with van der Waals surface area (Å²) < 4.78 is 36.8. The third kappa shape index (κ3) is 11.6. The van der Waals surface area contributed by atoms with Crippen LogP contribution >= 0.6 is 0 Å². The first kappa shape index (κ1) is 40.0. The van der Waals surface area contributed by atoms with Crippen LogP contribution < -0.4 is 16.4 Å². The van der Waals surface area contributed by atoms with Gasteiger partial charge in [0.2, 0.25) is 0 Å². The summed E-state index contributed by atoms with van der Waals surface area (Å²) >= 11 is 0. The number of carboxylic acid groups (broad SMARTS) is 2. The van der Waals surface area contributed by atoms with Gasteiger partial charge in [-0.2, -0.15) is 0 Å². The van der Waals surface area contributed by atoms with E-state index in [1.54, 1.807) is 36.5 Å². The fraction of sp³-hybridized carbons (Fsp3) is 0.0526. The first-order valence-corrected chi connectivity index (χ1v) is 15.1. The van der Waals surface area contributed by atoms with Crippen LogP contribution in [0.2, 0.25) is 0 Å². The molecule has 0 aliphatic carbocycles. The lowest BCUT2D eigenvalue weighted by Crippen LogP contribution is -2.25. The molecular formula is C38H31F2N3O10. The predicted molar refractivity (Wildman–Crippen MR) is 189 cm³/mol. The van der Waals surface area contributed by atoms with E-state index < -0.39 is 46.4 Å². The second-order valence-corrected chi connectivity index (χ2v) is 10.2. The molecule has 0 saturated carbocycles. The summed E-state index contributed by atoms with van der Waals surface area (Å²) in [4.78, 5) is 67.8. The van der Waals surface area contributed by atoms with Gasteiger partial charge in [-0.05, 0) is 97.1 Å². The molecule has 0 aliphatic heterocycles. The van der Waals surface area contributed by atoms with Gasteiger partial charge >= 0.3 is 23.9 Å². The van der Waals surface area contributed by atoms with Gasteiger partial charge in [0.15, 0.2) is 0 Å². The average molecular weight is 728 g/mol. The molecule has 0 amide bonds. The van der Waals surface area contributed by atoms with Crippen molar-refractivity contribution < 1.29 is 47.6 Å². The lowest BCUT2D eigenvalue weighted by molar-refractivity contribution is -0.142. The van der Waals surface area contributed by atoms with Crippen molar-refractivity contribution in [2.45, 2.75) is 0 Å². The number of aliphatic carboxylic acids is 1. The topological polar surface area (TPSA) is 183 Å². The highest BCUT2D eigenvalue weighted by atomic mass is 19.1. The van der Waals surface area contributed by atoms with Gasteiger partial charge in [0.05, 0.1) is 14.2 Å². The number of benzene rings is 3. The Balaban J connectivity index is 0.000000215. The van der Waals surface area contributed by atoms with Crippen LogP contribution in [-0.4, -0.2) is 57.4 Å². The number of aromatic nitrogens is 2. The second kappa shape index (κ2) is 19.7. The minimum absolute atomic E-state index is 0.0654. The molecule has 5 rings (SSSR count). The molecule has 13 nitrogen and oxygen atoms in total. The number of carbonyl (C=O) groups is 4. The minimum atomic E-state index is -1.38. The van der Waals surface area contributed by atoms with Crippen LogP contribution in [0.15, 0.2) is 149 Å². The molecule has 0 bridgehead atoms. The van der Waals surface area contributed by atoms with Crippen molar-refractivity contribution in [3.8, 4) is 11.4 Å². The van der Waals surface area contributed by atoms with E-state index in [1.165, 1.54) is 101 Å². The summed E-state index contributed by atoms with van der Waals surface area (Å²) in [7, 11) is 2.30. The molecule has 2 heterocycles. The Labute approximate surface area is 299 Å². The first-order valence-electron chi connectivity index (χ1n) is 15.1. The number of hydrogen-bond acceptors (Lipinski definition) is 9. The maximum Gasteiger partial charge on any atom is 0.345 e. The second-order valence-electron chi connectivity index (χ2n) is 10.2. The van der Waals surface area contributed by atoms with Crippen LogP contribution in [0.4, 0.5) is 14.5 Å². The molecule has 0 unspecified atom stereocenters. The van der Waals surface area contributed by atoms with Crippen molar-refractivity contribution >= 4 is 29.6 Å². The zero-order valence-electron chi connectivity index (χ0n) is 28.0. The fourth-order valence-corrected chi connectivity index (χ4v) is 4.18. The van der Waals surface area contributed by atoms with Crippen LogP contribution in [-0.2, 0) is 19.1 Å². The molecule has 0 spiro atoms. The number of aromatic carboxylic acids is 1. The smallest absolute Gasteiger partial charge is 0.345 e. The largest absolute Gasteiger partial charge is 0.477 e.